The Hall–Kier alpha value is -2.69. The van der Waals surface area contributed by atoms with Gasteiger partial charge in [-0.3, -0.25) is 4.79 Å². The highest BCUT2D eigenvalue weighted by Crippen LogP contribution is 2.33. The molecule has 1 heterocycles. The molecule has 0 amide bonds. The summed E-state index contributed by atoms with van der Waals surface area (Å²) in [4.78, 5) is 18.1. The molecule has 0 spiro atoms. The summed E-state index contributed by atoms with van der Waals surface area (Å²) in [5.74, 6) is 1.31. The number of para-hydroxylation sites is 1. The molecule has 1 aliphatic rings. The number of aromatic nitrogens is 2. The zero-order valence-electron chi connectivity index (χ0n) is 16.7. The summed E-state index contributed by atoms with van der Waals surface area (Å²) < 4.78 is 7.56. The van der Waals surface area contributed by atoms with Crippen LogP contribution in [0.4, 0.5) is 0 Å². The molecule has 3 aromatic rings. The predicted octanol–water partition coefficient (Wildman–Crippen LogP) is 5.64. The largest absolute Gasteiger partial charge is 0.477 e. The molecular formula is C23H20BrClN4O2. The molecule has 0 atom stereocenters. The fourth-order valence-electron chi connectivity index (χ4n) is 3.93. The highest BCUT2D eigenvalue weighted by atomic mass is 79.9. The van der Waals surface area contributed by atoms with Crippen molar-refractivity contribution in [1.29, 1.82) is 5.26 Å². The van der Waals surface area contributed by atoms with Crippen LogP contribution in [0.3, 0.4) is 0 Å². The van der Waals surface area contributed by atoms with Crippen molar-refractivity contribution in [2.45, 2.75) is 38.0 Å². The van der Waals surface area contributed by atoms with Crippen molar-refractivity contribution in [2.75, 3.05) is 6.61 Å². The Labute approximate surface area is 193 Å². The van der Waals surface area contributed by atoms with Gasteiger partial charge in [0.05, 0.1) is 21.6 Å². The van der Waals surface area contributed by atoms with Crippen molar-refractivity contribution in [3.05, 3.63) is 67.6 Å². The van der Waals surface area contributed by atoms with Crippen molar-refractivity contribution in [3.8, 4) is 11.8 Å². The summed E-state index contributed by atoms with van der Waals surface area (Å²) in [6.45, 7) is -0.119. The van der Waals surface area contributed by atoms with Crippen LogP contribution in [0, 0.1) is 11.3 Å². The van der Waals surface area contributed by atoms with E-state index in [9.17, 15) is 4.79 Å². The second-order valence-corrected chi connectivity index (χ2v) is 8.73. The molecular weight excluding hydrogens is 480 g/mol. The molecule has 2 aromatic carbocycles. The minimum atomic E-state index is -0.206. The van der Waals surface area contributed by atoms with E-state index in [1.165, 1.54) is 17.3 Å². The molecule has 0 bridgehead atoms. The van der Waals surface area contributed by atoms with E-state index < -0.39 is 0 Å². The smallest absolute Gasteiger partial charge is 0.282 e. The van der Waals surface area contributed by atoms with Crippen molar-refractivity contribution in [3.63, 3.8) is 0 Å². The lowest BCUT2D eigenvalue weighted by atomic mass is 9.88. The van der Waals surface area contributed by atoms with E-state index >= 15 is 0 Å². The third kappa shape index (κ3) is 4.65. The van der Waals surface area contributed by atoms with Gasteiger partial charge in [0.25, 0.3) is 5.56 Å². The maximum absolute atomic E-state index is 13.3. The topological polar surface area (TPSA) is 80.3 Å². The van der Waals surface area contributed by atoms with Crippen molar-refractivity contribution >= 4 is 44.6 Å². The van der Waals surface area contributed by atoms with E-state index in [1.807, 2.05) is 24.3 Å². The third-order valence-corrected chi connectivity index (χ3v) is 6.19. The number of fused-ring (bicyclic) bond motifs is 1. The SMILES string of the molecule is N#CCOc1c(Br)cc(Cl)cc1C=Nn1c(C2CCCCC2)nc2ccccc2c1=O. The van der Waals surface area contributed by atoms with Crippen molar-refractivity contribution in [2.24, 2.45) is 5.10 Å². The third-order valence-electron chi connectivity index (χ3n) is 5.38. The van der Waals surface area contributed by atoms with Crippen LogP contribution in [-0.4, -0.2) is 22.5 Å². The quantitative estimate of drug-likeness (QED) is 0.425. The number of hydrogen-bond acceptors (Lipinski definition) is 5. The monoisotopic (exact) mass is 498 g/mol. The maximum Gasteiger partial charge on any atom is 0.282 e. The first-order chi connectivity index (χ1) is 15.1. The second-order valence-electron chi connectivity index (χ2n) is 7.44. The Morgan fingerprint density at radius 1 is 1.29 bits per heavy atom. The first-order valence-corrected chi connectivity index (χ1v) is 11.3. The van der Waals surface area contributed by atoms with Gasteiger partial charge in [0.1, 0.15) is 17.6 Å². The molecule has 1 aromatic heterocycles. The van der Waals surface area contributed by atoms with Gasteiger partial charge in [-0.1, -0.05) is 43.0 Å². The van der Waals surface area contributed by atoms with Gasteiger partial charge in [-0.25, -0.2) is 4.98 Å². The Morgan fingerprint density at radius 2 is 2.06 bits per heavy atom. The molecule has 31 heavy (non-hydrogen) atoms. The van der Waals surface area contributed by atoms with Crippen LogP contribution >= 0.6 is 27.5 Å². The number of benzene rings is 2. The minimum Gasteiger partial charge on any atom is -0.477 e. The highest BCUT2D eigenvalue weighted by Gasteiger charge is 2.22. The van der Waals surface area contributed by atoms with Gasteiger partial charge in [0, 0.05) is 16.5 Å². The molecule has 0 N–H and O–H groups in total. The molecule has 0 unspecified atom stereocenters. The zero-order valence-corrected chi connectivity index (χ0v) is 19.1. The fraction of sp³-hybridized carbons (Fsp3) is 0.304. The molecule has 1 fully saturated rings. The molecule has 8 heteroatoms. The van der Waals surface area contributed by atoms with E-state index in [0.717, 1.165) is 25.7 Å². The standard InChI is InChI=1S/C23H20BrClN4O2/c24-19-13-17(25)12-16(21(19)31-11-10-26)14-27-29-22(15-6-2-1-3-7-15)28-20-9-5-4-8-18(20)23(29)30/h4-5,8-9,12-15H,1-3,6-7,11H2. The van der Waals surface area contributed by atoms with Crippen molar-refractivity contribution in [1.82, 2.24) is 9.66 Å². The van der Waals surface area contributed by atoms with E-state index in [0.29, 0.717) is 37.5 Å². The molecule has 0 saturated heterocycles. The number of nitrogens with zero attached hydrogens (tertiary/aromatic N) is 4. The molecule has 0 radical (unpaired) electrons. The minimum absolute atomic E-state index is 0.119. The lowest BCUT2D eigenvalue weighted by molar-refractivity contribution is 0.365. The summed E-state index contributed by atoms with van der Waals surface area (Å²) in [6, 6.07) is 12.6. The maximum atomic E-state index is 13.3. The molecule has 1 aliphatic carbocycles. The van der Waals surface area contributed by atoms with Gasteiger partial charge < -0.3 is 4.74 Å². The Morgan fingerprint density at radius 3 is 2.84 bits per heavy atom. The van der Waals surface area contributed by atoms with Crippen LogP contribution in [0.15, 0.2) is 50.8 Å². The first kappa shape index (κ1) is 21.5. The molecule has 4 rings (SSSR count). The zero-order chi connectivity index (χ0) is 21.8. The van der Waals surface area contributed by atoms with Gasteiger partial charge in [-0.2, -0.15) is 15.0 Å². The van der Waals surface area contributed by atoms with E-state index in [2.05, 4.69) is 21.0 Å². The summed E-state index contributed by atoms with van der Waals surface area (Å²) in [5.41, 5.74) is 1.04. The van der Waals surface area contributed by atoms with E-state index in [4.69, 9.17) is 26.6 Å². The summed E-state index contributed by atoms with van der Waals surface area (Å²) in [6.07, 6.45) is 6.94. The average molecular weight is 500 g/mol. The Balaban J connectivity index is 1.85. The van der Waals surface area contributed by atoms with Gasteiger partial charge in [0.15, 0.2) is 6.61 Å². The number of halogens is 2. The first-order valence-electron chi connectivity index (χ1n) is 10.1. The van der Waals surface area contributed by atoms with Gasteiger partial charge in [-0.05, 0) is 53.0 Å². The molecule has 158 valence electrons. The predicted molar refractivity (Wildman–Crippen MR) is 125 cm³/mol. The van der Waals surface area contributed by atoms with Gasteiger partial charge in [-0.15, -0.1) is 0 Å². The Bertz CT molecular complexity index is 1240. The number of rotatable bonds is 5. The van der Waals surface area contributed by atoms with Crippen LogP contribution in [0.5, 0.6) is 5.75 Å². The van der Waals surface area contributed by atoms with Crippen LogP contribution < -0.4 is 10.3 Å². The molecule has 6 nitrogen and oxygen atoms in total. The molecule has 1 saturated carbocycles. The van der Waals surface area contributed by atoms with Gasteiger partial charge in [0.2, 0.25) is 0 Å². The van der Waals surface area contributed by atoms with E-state index in [-0.39, 0.29) is 18.1 Å². The highest BCUT2D eigenvalue weighted by molar-refractivity contribution is 9.10. The summed E-state index contributed by atoms with van der Waals surface area (Å²) in [7, 11) is 0. The van der Waals surface area contributed by atoms with Crippen LogP contribution in [0.1, 0.15) is 49.4 Å². The number of ether oxygens (including phenoxy) is 1. The lowest BCUT2D eigenvalue weighted by Gasteiger charge is -2.22. The van der Waals surface area contributed by atoms with E-state index in [1.54, 1.807) is 18.2 Å². The van der Waals surface area contributed by atoms with Crippen LogP contribution in [0.2, 0.25) is 5.02 Å². The van der Waals surface area contributed by atoms with Crippen molar-refractivity contribution < 1.29 is 4.74 Å². The molecule has 0 aliphatic heterocycles. The second kappa shape index (κ2) is 9.63. The Kier molecular flexibility index (Phi) is 6.69. The van der Waals surface area contributed by atoms with Gasteiger partial charge >= 0.3 is 0 Å². The van der Waals surface area contributed by atoms with Crippen LogP contribution in [0.25, 0.3) is 10.9 Å². The lowest BCUT2D eigenvalue weighted by Crippen LogP contribution is -2.25. The normalized spacial score (nSPS) is 14.7. The number of hydrogen-bond donors (Lipinski definition) is 0. The average Bonchev–Trinajstić information content (AvgIpc) is 2.78. The summed E-state index contributed by atoms with van der Waals surface area (Å²) in [5, 5.41) is 14.4. The van der Waals surface area contributed by atoms with Crippen LogP contribution in [-0.2, 0) is 0 Å². The summed E-state index contributed by atoms with van der Waals surface area (Å²) >= 11 is 9.62. The number of nitriles is 1. The fourth-order valence-corrected chi connectivity index (χ4v) is 4.88.